The average Bonchev–Trinajstić information content (AvgIpc) is 3.17. The normalized spacial score (nSPS) is 10.6. The summed E-state index contributed by atoms with van der Waals surface area (Å²) in [5.41, 5.74) is 7.04. The van der Waals surface area contributed by atoms with E-state index in [2.05, 4.69) is 15.8 Å². The molecule has 0 radical (unpaired) electrons. The summed E-state index contributed by atoms with van der Waals surface area (Å²) in [6.45, 7) is 0. The van der Waals surface area contributed by atoms with Crippen LogP contribution in [-0.2, 0) is 16.0 Å². The lowest BCUT2D eigenvalue weighted by molar-refractivity contribution is -0.127. The predicted octanol–water partition coefficient (Wildman–Crippen LogP) is 2.72. The number of amides is 2. The second-order valence-corrected chi connectivity index (χ2v) is 6.91. The smallest absolute Gasteiger partial charge is 0.257 e. The van der Waals surface area contributed by atoms with E-state index >= 15 is 0 Å². The third-order valence-corrected chi connectivity index (χ3v) is 4.88. The maximum absolute atomic E-state index is 12.0. The number of carbonyl (C=O) groups is 2. The fraction of sp³-hybridized carbons (Fsp3) is 0.250. The van der Waals surface area contributed by atoms with Gasteiger partial charge in [-0.25, -0.2) is 4.98 Å². The van der Waals surface area contributed by atoms with Crippen molar-refractivity contribution in [3.8, 4) is 11.5 Å². The molecule has 0 spiro atoms. The van der Waals surface area contributed by atoms with Crippen LogP contribution in [0.5, 0.6) is 11.5 Å². The van der Waals surface area contributed by atoms with E-state index < -0.39 is 0 Å². The molecule has 2 N–H and O–H groups in total. The molecule has 0 aliphatic heterocycles. The second kappa shape index (κ2) is 9.83. The minimum atomic E-state index is -0.357. The molecule has 2 amide bonds. The molecular weight excluding hydrogens is 394 g/mol. The Hall–Kier alpha value is -3.20. The maximum Gasteiger partial charge on any atom is 0.257 e. The van der Waals surface area contributed by atoms with Gasteiger partial charge in [-0.15, -0.1) is 0 Å². The number of nitrogens with zero attached hydrogens (tertiary/aromatic N) is 1. The quantitative estimate of drug-likeness (QED) is 0.431. The number of para-hydroxylation sites is 3. The van der Waals surface area contributed by atoms with Gasteiger partial charge in [0.25, 0.3) is 5.22 Å². The van der Waals surface area contributed by atoms with Crippen molar-refractivity contribution < 1.29 is 23.5 Å². The molecule has 152 valence electrons. The zero-order chi connectivity index (χ0) is 20.6. The highest BCUT2D eigenvalue weighted by atomic mass is 32.2. The summed E-state index contributed by atoms with van der Waals surface area (Å²) >= 11 is 1.15. The number of fused-ring (bicyclic) bond motifs is 1. The summed E-state index contributed by atoms with van der Waals surface area (Å²) in [5, 5.41) is 0.401. The molecule has 0 unspecified atom stereocenters. The minimum absolute atomic E-state index is 0.0663. The van der Waals surface area contributed by atoms with Gasteiger partial charge >= 0.3 is 0 Å². The zero-order valence-electron chi connectivity index (χ0n) is 16.1. The zero-order valence-corrected chi connectivity index (χ0v) is 16.9. The first-order chi connectivity index (χ1) is 14.1. The molecule has 1 heterocycles. The topological polar surface area (TPSA) is 103 Å². The van der Waals surface area contributed by atoms with Crippen molar-refractivity contribution in [2.45, 2.75) is 18.1 Å². The molecular formula is C20H21N3O5S. The van der Waals surface area contributed by atoms with E-state index in [4.69, 9.17) is 13.9 Å². The second-order valence-electron chi connectivity index (χ2n) is 5.99. The molecule has 1 aromatic heterocycles. The van der Waals surface area contributed by atoms with Gasteiger partial charge in [0, 0.05) is 6.42 Å². The molecule has 2 aromatic carbocycles. The van der Waals surface area contributed by atoms with Crippen molar-refractivity contribution >= 4 is 34.7 Å². The number of aromatic nitrogens is 1. The number of hydrazine groups is 1. The van der Waals surface area contributed by atoms with E-state index in [0.29, 0.717) is 28.7 Å². The van der Waals surface area contributed by atoms with Crippen LogP contribution >= 0.6 is 11.8 Å². The first-order valence-corrected chi connectivity index (χ1v) is 9.85. The molecule has 0 saturated heterocycles. The fourth-order valence-electron chi connectivity index (χ4n) is 2.68. The third kappa shape index (κ3) is 5.41. The van der Waals surface area contributed by atoms with Crippen molar-refractivity contribution in [3.05, 3.63) is 48.0 Å². The van der Waals surface area contributed by atoms with Crippen molar-refractivity contribution in [2.24, 2.45) is 0 Å². The van der Waals surface area contributed by atoms with Gasteiger partial charge in [-0.05, 0) is 30.2 Å². The number of rotatable bonds is 8. The van der Waals surface area contributed by atoms with E-state index in [1.165, 1.54) is 0 Å². The van der Waals surface area contributed by atoms with Gasteiger partial charge in [0.05, 0.1) is 20.0 Å². The van der Waals surface area contributed by atoms with Crippen LogP contribution in [0.25, 0.3) is 11.1 Å². The number of methoxy groups -OCH3 is 2. The summed E-state index contributed by atoms with van der Waals surface area (Å²) in [7, 11) is 3.11. The number of thioether (sulfide) groups is 1. The highest BCUT2D eigenvalue weighted by Gasteiger charge is 2.13. The Bertz CT molecular complexity index is 972. The summed E-state index contributed by atoms with van der Waals surface area (Å²) in [6, 6.07) is 12.8. The Morgan fingerprint density at radius 3 is 2.59 bits per heavy atom. The predicted molar refractivity (Wildman–Crippen MR) is 109 cm³/mol. The molecule has 0 atom stereocenters. The lowest BCUT2D eigenvalue weighted by Gasteiger charge is -2.12. The Balaban J connectivity index is 1.42. The van der Waals surface area contributed by atoms with Gasteiger partial charge in [-0.1, -0.05) is 36.0 Å². The van der Waals surface area contributed by atoms with Crippen LogP contribution in [0.2, 0.25) is 0 Å². The standard InChI is InChI=1S/C20H21N3O5S/c1-26-16-9-5-6-13(19(16)27-2)10-11-17(24)22-23-18(25)12-29-20-21-14-7-3-4-8-15(14)28-20/h3-9H,10-12H2,1-2H3,(H,22,24)(H,23,25). The van der Waals surface area contributed by atoms with Crippen LogP contribution in [0.3, 0.4) is 0 Å². The van der Waals surface area contributed by atoms with Crippen LogP contribution in [0.1, 0.15) is 12.0 Å². The van der Waals surface area contributed by atoms with Crippen LogP contribution in [-0.4, -0.2) is 36.8 Å². The van der Waals surface area contributed by atoms with Crippen molar-refractivity contribution in [1.29, 1.82) is 0 Å². The third-order valence-electron chi connectivity index (χ3n) is 4.05. The van der Waals surface area contributed by atoms with E-state index in [9.17, 15) is 9.59 Å². The number of benzene rings is 2. The number of nitrogens with one attached hydrogen (secondary N) is 2. The Morgan fingerprint density at radius 1 is 1.03 bits per heavy atom. The SMILES string of the molecule is COc1cccc(CCC(=O)NNC(=O)CSc2nc3ccccc3o2)c1OC. The summed E-state index contributed by atoms with van der Waals surface area (Å²) in [6.07, 6.45) is 0.627. The van der Waals surface area contributed by atoms with Crippen molar-refractivity contribution in [1.82, 2.24) is 15.8 Å². The molecule has 0 saturated carbocycles. The molecule has 29 heavy (non-hydrogen) atoms. The van der Waals surface area contributed by atoms with Crippen LogP contribution < -0.4 is 20.3 Å². The van der Waals surface area contributed by atoms with E-state index in [0.717, 1.165) is 22.8 Å². The monoisotopic (exact) mass is 415 g/mol. The summed E-state index contributed by atoms with van der Waals surface area (Å²) < 4.78 is 16.1. The van der Waals surface area contributed by atoms with Gasteiger partial charge in [0.15, 0.2) is 17.1 Å². The van der Waals surface area contributed by atoms with Gasteiger partial charge in [0.1, 0.15) is 5.52 Å². The molecule has 3 rings (SSSR count). The molecule has 8 nitrogen and oxygen atoms in total. The number of ether oxygens (including phenoxy) is 2. The largest absolute Gasteiger partial charge is 0.493 e. The van der Waals surface area contributed by atoms with Gasteiger partial charge in [-0.3, -0.25) is 20.4 Å². The summed E-state index contributed by atoms with van der Waals surface area (Å²) in [5.74, 6) is 0.604. The van der Waals surface area contributed by atoms with E-state index in [1.807, 2.05) is 36.4 Å². The highest BCUT2D eigenvalue weighted by Crippen LogP contribution is 2.31. The van der Waals surface area contributed by atoms with E-state index in [1.54, 1.807) is 20.3 Å². The van der Waals surface area contributed by atoms with Gasteiger partial charge < -0.3 is 13.9 Å². The molecule has 0 fully saturated rings. The summed E-state index contributed by atoms with van der Waals surface area (Å²) in [4.78, 5) is 28.3. The number of hydrogen-bond acceptors (Lipinski definition) is 7. The Labute approximate surface area is 171 Å². The van der Waals surface area contributed by atoms with Crippen molar-refractivity contribution in [3.63, 3.8) is 0 Å². The van der Waals surface area contributed by atoms with Crippen LogP contribution in [0, 0.1) is 0 Å². The lowest BCUT2D eigenvalue weighted by atomic mass is 10.1. The van der Waals surface area contributed by atoms with Gasteiger partial charge in [-0.2, -0.15) is 0 Å². The number of aryl methyl sites for hydroxylation is 1. The Kier molecular flexibility index (Phi) is 6.96. The maximum atomic E-state index is 12.0. The van der Waals surface area contributed by atoms with Gasteiger partial charge in [0.2, 0.25) is 11.8 Å². The Morgan fingerprint density at radius 2 is 1.83 bits per heavy atom. The van der Waals surface area contributed by atoms with Crippen LogP contribution in [0.15, 0.2) is 52.1 Å². The number of hydrogen-bond donors (Lipinski definition) is 2. The van der Waals surface area contributed by atoms with Crippen molar-refractivity contribution in [2.75, 3.05) is 20.0 Å². The minimum Gasteiger partial charge on any atom is -0.493 e. The molecule has 0 bridgehead atoms. The average molecular weight is 415 g/mol. The number of carbonyl (C=O) groups excluding carboxylic acids is 2. The lowest BCUT2D eigenvalue weighted by Crippen LogP contribution is -2.42. The first kappa shape index (κ1) is 20.5. The molecule has 0 aliphatic rings. The molecule has 3 aromatic rings. The van der Waals surface area contributed by atoms with E-state index in [-0.39, 0.29) is 24.0 Å². The molecule has 9 heteroatoms. The number of oxazole rings is 1. The molecule has 0 aliphatic carbocycles. The highest BCUT2D eigenvalue weighted by molar-refractivity contribution is 7.99. The first-order valence-electron chi connectivity index (χ1n) is 8.86. The van der Waals surface area contributed by atoms with Crippen LogP contribution in [0.4, 0.5) is 0 Å². The fourth-order valence-corrected chi connectivity index (χ4v) is 3.32.